The van der Waals surface area contributed by atoms with E-state index in [1.807, 2.05) is 12.1 Å². The second-order valence-corrected chi connectivity index (χ2v) is 6.75. The van der Waals surface area contributed by atoms with Gasteiger partial charge in [-0.3, -0.25) is 9.69 Å². The van der Waals surface area contributed by atoms with E-state index in [0.717, 1.165) is 5.56 Å². The molecule has 2 heterocycles. The maximum Gasteiger partial charge on any atom is 0.414 e. The van der Waals surface area contributed by atoms with Crippen LogP contribution in [0.2, 0.25) is 0 Å². The molecule has 0 aliphatic carbocycles. The van der Waals surface area contributed by atoms with Gasteiger partial charge in [-0.05, 0) is 29.3 Å². The Hall–Kier alpha value is -3.82. The standard InChI is InChI=1S/C20H18FN6O3/c1-12(28)22-10-16-11-27(20(29)30-16)15-6-7-17(18(21)9-15)14-4-2-13(3-5-14)8-19-23-25-26-24-19/h2-9,16H,10-11H2,1H3,(H,22,28)(H,23,24,25,26)/t16-/m0/s1. The van der Waals surface area contributed by atoms with Gasteiger partial charge in [0.1, 0.15) is 11.9 Å². The van der Waals surface area contributed by atoms with Gasteiger partial charge < -0.3 is 10.1 Å². The van der Waals surface area contributed by atoms with E-state index in [0.29, 0.717) is 22.6 Å². The number of carbonyl (C=O) groups excluding carboxylic acids is 2. The quantitative estimate of drug-likeness (QED) is 0.644. The van der Waals surface area contributed by atoms with Crippen LogP contribution in [0.5, 0.6) is 0 Å². The summed E-state index contributed by atoms with van der Waals surface area (Å²) in [5.41, 5.74) is 2.35. The van der Waals surface area contributed by atoms with E-state index in [1.165, 1.54) is 17.9 Å². The van der Waals surface area contributed by atoms with Crippen LogP contribution in [-0.4, -0.2) is 51.8 Å². The number of carbonyl (C=O) groups is 2. The molecule has 30 heavy (non-hydrogen) atoms. The van der Waals surface area contributed by atoms with E-state index < -0.39 is 18.0 Å². The number of rotatable bonds is 6. The summed E-state index contributed by atoms with van der Waals surface area (Å²) < 4.78 is 20.0. The third kappa shape index (κ3) is 4.27. The van der Waals surface area contributed by atoms with Crippen LogP contribution in [-0.2, 0) is 9.53 Å². The first kappa shape index (κ1) is 19.5. The second-order valence-electron chi connectivity index (χ2n) is 6.75. The van der Waals surface area contributed by atoms with Crippen LogP contribution < -0.4 is 10.2 Å². The number of cyclic esters (lactones) is 1. The predicted octanol–water partition coefficient (Wildman–Crippen LogP) is 2.07. The van der Waals surface area contributed by atoms with Crippen LogP contribution in [0.15, 0.2) is 42.5 Å². The zero-order valence-electron chi connectivity index (χ0n) is 16.0. The highest BCUT2D eigenvalue weighted by Gasteiger charge is 2.32. The van der Waals surface area contributed by atoms with Crippen LogP contribution >= 0.6 is 0 Å². The normalized spacial score (nSPS) is 15.9. The topological polar surface area (TPSA) is 113 Å². The van der Waals surface area contributed by atoms with Crippen LogP contribution in [0.4, 0.5) is 14.9 Å². The van der Waals surface area contributed by atoms with Crippen molar-refractivity contribution in [1.29, 1.82) is 0 Å². The van der Waals surface area contributed by atoms with Crippen molar-refractivity contribution in [1.82, 2.24) is 25.9 Å². The maximum absolute atomic E-state index is 14.8. The molecule has 0 spiro atoms. The number of aromatic nitrogens is 4. The van der Waals surface area contributed by atoms with E-state index in [2.05, 4.69) is 25.9 Å². The first-order chi connectivity index (χ1) is 14.5. The highest BCUT2D eigenvalue weighted by Crippen LogP contribution is 2.29. The number of H-pyrrole nitrogens is 1. The highest BCUT2D eigenvalue weighted by atomic mass is 19.1. The van der Waals surface area contributed by atoms with Gasteiger partial charge in [0, 0.05) is 12.5 Å². The molecule has 10 heteroatoms. The fourth-order valence-corrected chi connectivity index (χ4v) is 3.14. The van der Waals surface area contributed by atoms with Gasteiger partial charge in [0.15, 0.2) is 5.82 Å². The first-order valence-electron chi connectivity index (χ1n) is 9.20. The van der Waals surface area contributed by atoms with Crippen LogP contribution in [0.25, 0.3) is 11.1 Å². The Morgan fingerprint density at radius 3 is 2.80 bits per heavy atom. The smallest absolute Gasteiger partial charge is 0.414 e. The summed E-state index contributed by atoms with van der Waals surface area (Å²) in [5.74, 6) is -0.214. The summed E-state index contributed by atoms with van der Waals surface area (Å²) in [6.07, 6.45) is 0.689. The Balaban J connectivity index is 1.47. The van der Waals surface area contributed by atoms with Crippen LogP contribution in [0, 0.1) is 12.2 Å². The average molecular weight is 409 g/mol. The lowest BCUT2D eigenvalue weighted by atomic mass is 10.0. The Labute approximate surface area is 171 Å². The SMILES string of the molecule is CC(=O)NC[C@H]1CN(c2ccc(-c3ccc([CH]c4nn[nH]n4)cc3)c(F)c2)C(=O)O1. The molecule has 1 aliphatic rings. The van der Waals surface area contributed by atoms with E-state index in [-0.39, 0.29) is 19.0 Å². The molecule has 1 aliphatic heterocycles. The number of halogens is 1. The number of amides is 2. The van der Waals surface area contributed by atoms with Gasteiger partial charge in [0.2, 0.25) is 5.91 Å². The van der Waals surface area contributed by atoms with Gasteiger partial charge in [-0.25, -0.2) is 9.18 Å². The number of ether oxygens (including phenoxy) is 1. The first-order valence-corrected chi connectivity index (χ1v) is 9.20. The molecule has 9 nitrogen and oxygen atoms in total. The number of nitrogens with one attached hydrogen (secondary N) is 2. The van der Waals surface area contributed by atoms with E-state index >= 15 is 0 Å². The van der Waals surface area contributed by atoms with Gasteiger partial charge >= 0.3 is 6.09 Å². The van der Waals surface area contributed by atoms with Crippen molar-refractivity contribution in [2.75, 3.05) is 18.0 Å². The lowest BCUT2D eigenvalue weighted by Gasteiger charge is -2.14. The predicted molar refractivity (Wildman–Crippen MR) is 105 cm³/mol. The molecule has 153 valence electrons. The van der Waals surface area contributed by atoms with Crippen molar-refractivity contribution in [3.05, 3.63) is 66.1 Å². The number of hydrogen-bond acceptors (Lipinski definition) is 6. The summed E-state index contributed by atoms with van der Waals surface area (Å²) >= 11 is 0. The zero-order chi connectivity index (χ0) is 21.1. The maximum atomic E-state index is 14.8. The number of aromatic amines is 1. The molecule has 1 fully saturated rings. The van der Waals surface area contributed by atoms with Crippen molar-refractivity contribution >= 4 is 17.7 Å². The molecule has 0 saturated carbocycles. The summed E-state index contributed by atoms with van der Waals surface area (Å²) in [4.78, 5) is 24.5. The van der Waals surface area contributed by atoms with Crippen molar-refractivity contribution in [2.45, 2.75) is 13.0 Å². The Morgan fingerprint density at radius 1 is 1.33 bits per heavy atom. The number of tetrazole rings is 1. The summed E-state index contributed by atoms with van der Waals surface area (Å²) in [6.45, 7) is 1.84. The molecule has 0 bridgehead atoms. The minimum Gasteiger partial charge on any atom is -0.442 e. The number of anilines is 1. The summed E-state index contributed by atoms with van der Waals surface area (Å²) in [7, 11) is 0. The van der Waals surface area contributed by atoms with Crippen molar-refractivity contribution in [2.24, 2.45) is 0 Å². The Bertz CT molecular complexity index is 1050. The van der Waals surface area contributed by atoms with Gasteiger partial charge in [-0.2, -0.15) is 5.21 Å². The van der Waals surface area contributed by atoms with E-state index in [4.69, 9.17) is 4.74 Å². The van der Waals surface area contributed by atoms with Crippen molar-refractivity contribution < 1.29 is 18.7 Å². The molecule has 2 N–H and O–H groups in total. The molecular weight excluding hydrogens is 391 g/mol. The molecule has 1 saturated heterocycles. The van der Waals surface area contributed by atoms with Gasteiger partial charge in [-0.15, -0.1) is 10.2 Å². The molecular formula is C20H18FN6O3. The van der Waals surface area contributed by atoms with Gasteiger partial charge in [-0.1, -0.05) is 29.5 Å². The minimum absolute atomic E-state index is 0.208. The lowest BCUT2D eigenvalue weighted by Crippen LogP contribution is -2.33. The Kier molecular flexibility index (Phi) is 5.38. The van der Waals surface area contributed by atoms with Crippen molar-refractivity contribution in [3.63, 3.8) is 0 Å². The molecule has 2 amide bonds. The molecule has 1 radical (unpaired) electrons. The summed E-state index contributed by atoms with van der Waals surface area (Å²) in [6, 6.07) is 11.8. The minimum atomic E-state index is -0.571. The van der Waals surface area contributed by atoms with Crippen LogP contribution in [0.3, 0.4) is 0 Å². The second kappa shape index (κ2) is 8.27. The van der Waals surface area contributed by atoms with Gasteiger partial charge in [0.05, 0.1) is 25.2 Å². The molecule has 1 aromatic heterocycles. The molecule has 1 atom stereocenters. The Morgan fingerprint density at radius 2 is 2.13 bits per heavy atom. The fraction of sp³-hybridized carbons (Fsp3) is 0.200. The highest BCUT2D eigenvalue weighted by molar-refractivity contribution is 5.90. The third-order valence-electron chi connectivity index (χ3n) is 4.60. The average Bonchev–Trinajstić information content (AvgIpc) is 3.36. The third-order valence-corrected chi connectivity index (χ3v) is 4.60. The van der Waals surface area contributed by atoms with Gasteiger partial charge in [0.25, 0.3) is 0 Å². The molecule has 2 aromatic carbocycles. The molecule has 0 unspecified atom stereocenters. The monoisotopic (exact) mass is 409 g/mol. The summed E-state index contributed by atoms with van der Waals surface area (Å²) in [5, 5.41) is 16.2. The zero-order valence-corrected chi connectivity index (χ0v) is 16.0. The number of benzene rings is 2. The van der Waals surface area contributed by atoms with Crippen LogP contribution in [0.1, 0.15) is 18.3 Å². The largest absolute Gasteiger partial charge is 0.442 e. The van der Waals surface area contributed by atoms with E-state index in [9.17, 15) is 14.0 Å². The number of hydrogen-bond donors (Lipinski definition) is 2. The fourth-order valence-electron chi connectivity index (χ4n) is 3.14. The van der Waals surface area contributed by atoms with Crippen molar-refractivity contribution in [3.8, 4) is 11.1 Å². The lowest BCUT2D eigenvalue weighted by molar-refractivity contribution is -0.119. The van der Waals surface area contributed by atoms with E-state index in [1.54, 1.807) is 30.7 Å². The number of nitrogens with zero attached hydrogens (tertiary/aromatic N) is 4. The molecule has 4 rings (SSSR count). The molecule has 3 aromatic rings.